The fourth-order valence-electron chi connectivity index (χ4n) is 0.646. The normalized spacial score (nSPS) is 13.9. The number of carbonyl (C=O) groups excluding carboxylic acids is 1. The van der Waals surface area contributed by atoms with Gasteiger partial charge in [0, 0.05) is 6.54 Å². The van der Waals surface area contributed by atoms with Crippen LogP contribution in [0.4, 0.5) is 0 Å². The highest BCUT2D eigenvalue weighted by atomic mass is 16.7. The molecule has 0 heterocycles. The summed E-state index contributed by atoms with van der Waals surface area (Å²) < 4.78 is 0. The van der Waals surface area contributed by atoms with Crippen LogP contribution in [-0.2, 0) is 9.63 Å². The Morgan fingerprint density at radius 3 is 2.38 bits per heavy atom. The van der Waals surface area contributed by atoms with E-state index in [1.165, 1.54) is 0 Å². The molecule has 1 amide bonds. The third-order valence-electron chi connectivity index (χ3n) is 1.29. The fraction of sp³-hybridized carbons (Fsp3) is 0.889. The van der Waals surface area contributed by atoms with Crippen molar-refractivity contribution in [2.24, 2.45) is 0 Å². The summed E-state index contributed by atoms with van der Waals surface area (Å²) in [5.41, 5.74) is 2.42. The lowest BCUT2D eigenvalue weighted by Gasteiger charge is -2.22. The number of hydrogen-bond acceptors (Lipinski definition) is 3. The molecule has 4 nitrogen and oxygen atoms in total. The van der Waals surface area contributed by atoms with Crippen molar-refractivity contribution in [3.63, 3.8) is 0 Å². The summed E-state index contributed by atoms with van der Waals surface area (Å²) in [6, 6.07) is -0.320. The summed E-state index contributed by atoms with van der Waals surface area (Å²) in [5.74, 6) is -0.0493. The first-order valence-corrected chi connectivity index (χ1v) is 4.58. The summed E-state index contributed by atoms with van der Waals surface area (Å²) in [4.78, 5) is 16.5. The lowest BCUT2D eigenvalue weighted by molar-refractivity contribution is -0.133. The average Bonchev–Trinajstić information content (AvgIpc) is 1.99. The van der Waals surface area contributed by atoms with Gasteiger partial charge >= 0.3 is 0 Å². The lowest BCUT2D eigenvalue weighted by Crippen LogP contribution is -2.44. The van der Waals surface area contributed by atoms with Gasteiger partial charge in [0.2, 0.25) is 5.91 Å². The van der Waals surface area contributed by atoms with Crippen LogP contribution >= 0.6 is 0 Å². The van der Waals surface area contributed by atoms with Crippen LogP contribution in [0.25, 0.3) is 0 Å². The van der Waals surface area contributed by atoms with E-state index < -0.39 is 0 Å². The van der Waals surface area contributed by atoms with Crippen LogP contribution in [0.5, 0.6) is 0 Å². The van der Waals surface area contributed by atoms with Gasteiger partial charge in [-0.25, -0.2) is 0 Å². The summed E-state index contributed by atoms with van der Waals surface area (Å²) in [6.45, 7) is 10.0. The van der Waals surface area contributed by atoms with Gasteiger partial charge in [0.15, 0.2) is 0 Å². The zero-order chi connectivity index (χ0) is 10.5. The largest absolute Gasteiger partial charge is 0.355 e. The molecule has 0 radical (unpaired) electrons. The van der Waals surface area contributed by atoms with Gasteiger partial charge in [0.25, 0.3) is 0 Å². The van der Waals surface area contributed by atoms with Crippen molar-refractivity contribution in [2.45, 2.75) is 46.3 Å². The number of hydrogen-bond donors (Lipinski definition) is 2. The third kappa shape index (κ3) is 6.54. The SMILES string of the molecule is CCNC(=O)C(C)NOC(C)(C)C. The molecule has 4 heteroatoms. The maximum atomic E-state index is 11.2. The van der Waals surface area contributed by atoms with E-state index in [1.54, 1.807) is 6.92 Å². The number of amides is 1. The second-order valence-electron chi connectivity index (χ2n) is 3.95. The Labute approximate surface area is 80.0 Å². The van der Waals surface area contributed by atoms with Crippen LogP contribution in [0.3, 0.4) is 0 Å². The van der Waals surface area contributed by atoms with Crippen molar-refractivity contribution in [1.82, 2.24) is 10.8 Å². The van der Waals surface area contributed by atoms with Crippen LogP contribution < -0.4 is 10.8 Å². The van der Waals surface area contributed by atoms with Crippen LogP contribution in [0.1, 0.15) is 34.6 Å². The molecule has 0 rings (SSSR count). The molecule has 78 valence electrons. The van der Waals surface area contributed by atoms with Gasteiger partial charge in [-0.3, -0.25) is 9.63 Å². The molecule has 0 saturated carbocycles. The minimum absolute atomic E-state index is 0.0493. The number of carbonyl (C=O) groups is 1. The monoisotopic (exact) mass is 188 g/mol. The predicted octanol–water partition coefficient (Wildman–Crippen LogP) is 0.831. The van der Waals surface area contributed by atoms with Crippen LogP contribution in [0.2, 0.25) is 0 Å². The molecule has 1 atom stereocenters. The van der Waals surface area contributed by atoms with E-state index in [2.05, 4.69) is 10.8 Å². The van der Waals surface area contributed by atoms with E-state index in [9.17, 15) is 4.79 Å². The molecule has 0 aromatic rings. The molecular weight excluding hydrogens is 168 g/mol. The van der Waals surface area contributed by atoms with Crippen molar-refractivity contribution in [3.05, 3.63) is 0 Å². The van der Waals surface area contributed by atoms with Crippen LogP contribution in [-0.4, -0.2) is 24.1 Å². The molecule has 0 aliphatic carbocycles. The van der Waals surface area contributed by atoms with E-state index >= 15 is 0 Å². The van der Waals surface area contributed by atoms with E-state index in [-0.39, 0.29) is 17.6 Å². The van der Waals surface area contributed by atoms with Gasteiger partial charge in [-0.1, -0.05) is 0 Å². The predicted molar refractivity (Wildman–Crippen MR) is 52.1 cm³/mol. The summed E-state index contributed by atoms with van der Waals surface area (Å²) in [7, 11) is 0. The molecule has 0 saturated heterocycles. The minimum Gasteiger partial charge on any atom is -0.355 e. The quantitative estimate of drug-likeness (QED) is 0.642. The number of likely N-dealkylation sites (N-methyl/N-ethyl adjacent to an activating group) is 1. The molecule has 0 aromatic carbocycles. The van der Waals surface area contributed by atoms with E-state index in [0.29, 0.717) is 6.54 Å². The first-order chi connectivity index (χ1) is 5.87. The van der Waals surface area contributed by atoms with Gasteiger partial charge in [0.05, 0.1) is 5.60 Å². The van der Waals surface area contributed by atoms with Crippen molar-refractivity contribution in [2.75, 3.05) is 6.54 Å². The molecule has 0 bridgehead atoms. The molecule has 13 heavy (non-hydrogen) atoms. The summed E-state index contributed by atoms with van der Waals surface area (Å²) in [6.07, 6.45) is 0. The Morgan fingerprint density at radius 1 is 1.46 bits per heavy atom. The Bertz CT molecular complexity index is 163. The van der Waals surface area contributed by atoms with Crippen molar-refractivity contribution < 1.29 is 9.63 Å². The first-order valence-electron chi connectivity index (χ1n) is 4.58. The second-order valence-corrected chi connectivity index (χ2v) is 3.95. The van der Waals surface area contributed by atoms with E-state index in [0.717, 1.165) is 0 Å². The van der Waals surface area contributed by atoms with Gasteiger partial charge in [0.1, 0.15) is 6.04 Å². The van der Waals surface area contributed by atoms with Gasteiger partial charge < -0.3 is 5.32 Å². The Morgan fingerprint density at radius 2 is 2.00 bits per heavy atom. The maximum absolute atomic E-state index is 11.2. The highest BCUT2D eigenvalue weighted by molar-refractivity contribution is 5.80. The molecule has 1 unspecified atom stereocenters. The van der Waals surface area contributed by atoms with E-state index in [4.69, 9.17) is 4.84 Å². The molecule has 0 aliphatic rings. The maximum Gasteiger partial charge on any atom is 0.239 e. The topological polar surface area (TPSA) is 50.4 Å². The highest BCUT2D eigenvalue weighted by Crippen LogP contribution is 2.04. The smallest absolute Gasteiger partial charge is 0.239 e. The van der Waals surface area contributed by atoms with Gasteiger partial charge in [-0.15, -0.1) is 0 Å². The highest BCUT2D eigenvalue weighted by Gasteiger charge is 2.16. The van der Waals surface area contributed by atoms with Gasteiger partial charge in [-0.05, 0) is 34.6 Å². The fourth-order valence-corrected chi connectivity index (χ4v) is 0.646. The number of nitrogens with one attached hydrogen (secondary N) is 2. The van der Waals surface area contributed by atoms with Gasteiger partial charge in [-0.2, -0.15) is 5.48 Å². The third-order valence-corrected chi connectivity index (χ3v) is 1.29. The molecule has 0 aromatic heterocycles. The summed E-state index contributed by atoms with van der Waals surface area (Å²) in [5, 5.41) is 2.70. The lowest BCUT2D eigenvalue weighted by atomic mass is 10.2. The Hall–Kier alpha value is -0.610. The number of hydroxylamine groups is 1. The molecule has 0 fully saturated rings. The van der Waals surface area contributed by atoms with Crippen LogP contribution in [0, 0.1) is 0 Å². The Kier molecular flexibility index (Phi) is 4.95. The zero-order valence-corrected chi connectivity index (χ0v) is 9.10. The van der Waals surface area contributed by atoms with E-state index in [1.807, 2.05) is 27.7 Å². The second kappa shape index (κ2) is 5.19. The Balaban J connectivity index is 3.74. The van der Waals surface area contributed by atoms with Crippen molar-refractivity contribution >= 4 is 5.91 Å². The first kappa shape index (κ1) is 12.4. The van der Waals surface area contributed by atoms with Crippen LogP contribution in [0.15, 0.2) is 0 Å². The summed E-state index contributed by atoms with van der Waals surface area (Å²) >= 11 is 0. The number of rotatable bonds is 4. The molecule has 2 N–H and O–H groups in total. The standard InChI is InChI=1S/C9H20N2O2/c1-6-10-8(12)7(2)11-13-9(3,4)5/h7,11H,6H2,1-5H3,(H,10,12). The molecule has 0 spiro atoms. The molecule has 0 aliphatic heterocycles. The molecular formula is C9H20N2O2. The van der Waals surface area contributed by atoms with Crippen molar-refractivity contribution in [3.8, 4) is 0 Å². The zero-order valence-electron chi connectivity index (χ0n) is 9.10. The minimum atomic E-state index is -0.320. The van der Waals surface area contributed by atoms with Crippen molar-refractivity contribution in [1.29, 1.82) is 0 Å². The average molecular weight is 188 g/mol.